The van der Waals surface area contributed by atoms with Crippen molar-refractivity contribution < 1.29 is 31.5 Å². The average molecular weight is 578 g/mol. The molecule has 0 saturated carbocycles. The highest BCUT2D eigenvalue weighted by Crippen LogP contribution is 2.40. The monoisotopic (exact) mass is 577 g/mol. The number of benzene rings is 1. The minimum atomic E-state index is -4.66. The molecule has 3 aromatic rings. The summed E-state index contributed by atoms with van der Waals surface area (Å²) in [6.45, 7) is 3.36. The molecule has 3 heterocycles. The standard InChI is InChI=1S/C29H32F5N5O2/c1-4-41-26-21(6-5-11-35-26)25-23(31)17-20(18-37-25)28(27(40)36-12-15-38(2)3)9-13-39(14-10-28)24-8-7-19(16-22(24)30)29(32,33)34/h5-8,11,16-18H,4,9-10,12-15H2,1-3H3,(H,36,40). The fraction of sp³-hybridized carbons (Fsp3) is 0.414. The summed E-state index contributed by atoms with van der Waals surface area (Å²) >= 11 is 0. The van der Waals surface area contributed by atoms with Crippen molar-refractivity contribution in [1.29, 1.82) is 0 Å². The Morgan fingerprint density at radius 1 is 1.10 bits per heavy atom. The van der Waals surface area contributed by atoms with Crippen molar-refractivity contribution in [1.82, 2.24) is 20.2 Å². The highest BCUT2D eigenvalue weighted by molar-refractivity contribution is 5.89. The van der Waals surface area contributed by atoms with Gasteiger partial charge in [-0.05, 0) is 75.8 Å². The van der Waals surface area contributed by atoms with E-state index in [1.807, 2.05) is 19.0 Å². The number of rotatable bonds is 9. The molecule has 0 atom stereocenters. The second kappa shape index (κ2) is 12.4. The summed E-state index contributed by atoms with van der Waals surface area (Å²) in [5, 5.41) is 2.93. The van der Waals surface area contributed by atoms with Gasteiger partial charge in [0, 0.05) is 38.6 Å². The zero-order valence-electron chi connectivity index (χ0n) is 23.1. The molecule has 1 aromatic carbocycles. The van der Waals surface area contributed by atoms with Crippen LogP contribution in [0.3, 0.4) is 0 Å². The number of piperidine rings is 1. The normalized spacial score (nSPS) is 15.2. The second-order valence-corrected chi connectivity index (χ2v) is 10.1. The molecule has 0 unspecified atom stereocenters. The fourth-order valence-corrected chi connectivity index (χ4v) is 5.00. The zero-order chi connectivity index (χ0) is 29.8. The van der Waals surface area contributed by atoms with Crippen molar-refractivity contribution in [3.05, 3.63) is 71.6 Å². The van der Waals surface area contributed by atoms with Gasteiger partial charge < -0.3 is 19.9 Å². The molecule has 0 spiro atoms. The predicted octanol–water partition coefficient (Wildman–Crippen LogP) is 5.06. The van der Waals surface area contributed by atoms with E-state index in [0.717, 1.165) is 12.1 Å². The van der Waals surface area contributed by atoms with Gasteiger partial charge in [0.2, 0.25) is 11.8 Å². The molecule has 12 heteroatoms. The quantitative estimate of drug-likeness (QED) is 0.359. The molecular weight excluding hydrogens is 545 g/mol. The third-order valence-electron chi connectivity index (χ3n) is 7.21. The molecule has 1 amide bonds. The first-order chi connectivity index (χ1) is 19.5. The number of anilines is 1. The number of ether oxygens (including phenoxy) is 1. The highest BCUT2D eigenvalue weighted by Gasteiger charge is 2.44. The topological polar surface area (TPSA) is 70.6 Å². The number of aromatic nitrogens is 2. The average Bonchev–Trinajstić information content (AvgIpc) is 2.93. The molecule has 220 valence electrons. The number of nitrogens with one attached hydrogen (secondary N) is 1. The number of alkyl halides is 3. The Bertz CT molecular complexity index is 1370. The van der Waals surface area contributed by atoms with E-state index in [9.17, 15) is 22.4 Å². The summed E-state index contributed by atoms with van der Waals surface area (Å²) in [6.07, 6.45) is -1.34. The number of amides is 1. The van der Waals surface area contributed by atoms with Gasteiger partial charge in [0.15, 0.2) is 0 Å². The van der Waals surface area contributed by atoms with Gasteiger partial charge in [0.1, 0.15) is 17.3 Å². The lowest BCUT2D eigenvalue weighted by molar-refractivity contribution is -0.137. The van der Waals surface area contributed by atoms with E-state index < -0.39 is 28.8 Å². The Morgan fingerprint density at radius 3 is 2.44 bits per heavy atom. The van der Waals surface area contributed by atoms with Gasteiger partial charge in [-0.1, -0.05) is 0 Å². The summed E-state index contributed by atoms with van der Waals surface area (Å²) in [6, 6.07) is 6.97. The van der Waals surface area contributed by atoms with Gasteiger partial charge in [0.05, 0.1) is 28.8 Å². The minimum absolute atomic E-state index is 0.0132. The van der Waals surface area contributed by atoms with Crippen LogP contribution in [0.2, 0.25) is 0 Å². The third-order valence-corrected chi connectivity index (χ3v) is 7.21. The van der Waals surface area contributed by atoms with Gasteiger partial charge in [-0.25, -0.2) is 13.8 Å². The number of hydrogen-bond donors (Lipinski definition) is 1. The third kappa shape index (κ3) is 6.58. The molecular formula is C29H32F5N5O2. The van der Waals surface area contributed by atoms with Gasteiger partial charge in [-0.3, -0.25) is 9.78 Å². The van der Waals surface area contributed by atoms with Crippen molar-refractivity contribution in [3.63, 3.8) is 0 Å². The summed E-state index contributed by atoms with van der Waals surface area (Å²) in [5.41, 5.74) is -1.49. The van der Waals surface area contributed by atoms with Crippen LogP contribution in [-0.2, 0) is 16.4 Å². The summed E-state index contributed by atoms with van der Waals surface area (Å²) in [7, 11) is 3.73. The molecule has 0 radical (unpaired) electrons. The molecule has 4 rings (SSSR count). The first kappa shape index (κ1) is 30.2. The van der Waals surface area contributed by atoms with E-state index in [2.05, 4.69) is 15.3 Å². The Kier molecular flexibility index (Phi) is 9.11. The Labute approximate surface area is 235 Å². The maximum atomic E-state index is 15.6. The van der Waals surface area contributed by atoms with Crippen LogP contribution < -0.4 is 15.0 Å². The van der Waals surface area contributed by atoms with Crippen LogP contribution in [0.15, 0.2) is 48.8 Å². The zero-order valence-corrected chi connectivity index (χ0v) is 23.1. The molecule has 0 bridgehead atoms. The number of hydrogen-bond acceptors (Lipinski definition) is 6. The second-order valence-electron chi connectivity index (χ2n) is 10.1. The molecule has 1 N–H and O–H groups in total. The van der Waals surface area contributed by atoms with Gasteiger partial charge in [-0.2, -0.15) is 13.2 Å². The number of nitrogens with zero attached hydrogens (tertiary/aromatic N) is 4. The Hall–Kier alpha value is -3.80. The van der Waals surface area contributed by atoms with Crippen molar-refractivity contribution in [2.75, 3.05) is 51.8 Å². The lowest BCUT2D eigenvalue weighted by Gasteiger charge is -2.42. The summed E-state index contributed by atoms with van der Waals surface area (Å²) in [4.78, 5) is 25.7. The molecule has 1 saturated heterocycles. The van der Waals surface area contributed by atoms with Crippen molar-refractivity contribution in [3.8, 4) is 17.1 Å². The maximum Gasteiger partial charge on any atom is 0.416 e. The lowest BCUT2D eigenvalue weighted by Crippen LogP contribution is -2.52. The number of carbonyl (C=O) groups is 1. The minimum Gasteiger partial charge on any atom is -0.477 e. The van der Waals surface area contributed by atoms with Crippen molar-refractivity contribution in [2.24, 2.45) is 0 Å². The van der Waals surface area contributed by atoms with E-state index in [1.54, 1.807) is 24.0 Å². The van der Waals surface area contributed by atoms with E-state index >= 15 is 4.39 Å². The molecule has 0 aliphatic carbocycles. The van der Waals surface area contributed by atoms with Crippen molar-refractivity contribution in [2.45, 2.75) is 31.4 Å². The maximum absolute atomic E-state index is 15.6. The predicted molar refractivity (Wildman–Crippen MR) is 145 cm³/mol. The lowest BCUT2D eigenvalue weighted by atomic mass is 9.72. The van der Waals surface area contributed by atoms with Crippen LogP contribution in [0.5, 0.6) is 5.88 Å². The number of halogens is 5. The van der Waals surface area contributed by atoms with Crippen molar-refractivity contribution >= 4 is 11.6 Å². The summed E-state index contributed by atoms with van der Waals surface area (Å²) in [5.74, 6) is -1.75. The van der Waals surface area contributed by atoms with Gasteiger partial charge >= 0.3 is 6.18 Å². The molecule has 1 fully saturated rings. The van der Waals surface area contributed by atoms with Crippen LogP contribution in [-0.4, -0.2) is 67.7 Å². The largest absolute Gasteiger partial charge is 0.477 e. The molecule has 2 aromatic heterocycles. The first-order valence-corrected chi connectivity index (χ1v) is 13.2. The van der Waals surface area contributed by atoms with E-state index in [0.29, 0.717) is 36.9 Å². The first-order valence-electron chi connectivity index (χ1n) is 13.2. The molecule has 41 heavy (non-hydrogen) atoms. The smallest absolute Gasteiger partial charge is 0.416 e. The fourth-order valence-electron chi connectivity index (χ4n) is 5.00. The van der Waals surface area contributed by atoms with Crippen LogP contribution in [0, 0.1) is 11.6 Å². The van der Waals surface area contributed by atoms with Gasteiger partial charge in [0.25, 0.3) is 0 Å². The number of carbonyl (C=O) groups excluding carboxylic acids is 1. The summed E-state index contributed by atoms with van der Waals surface area (Å²) < 4.78 is 74.9. The van der Waals surface area contributed by atoms with E-state index in [4.69, 9.17) is 4.74 Å². The molecule has 1 aliphatic heterocycles. The number of pyridine rings is 2. The van der Waals surface area contributed by atoms with Gasteiger partial charge in [-0.15, -0.1) is 0 Å². The van der Waals surface area contributed by atoms with Crippen LogP contribution in [0.4, 0.5) is 27.6 Å². The molecule has 1 aliphatic rings. The Balaban J connectivity index is 1.65. The van der Waals surface area contributed by atoms with E-state index in [1.165, 1.54) is 18.5 Å². The highest BCUT2D eigenvalue weighted by atomic mass is 19.4. The Morgan fingerprint density at radius 2 is 1.83 bits per heavy atom. The van der Waals surface area contributed by atoms with Crippen LogP contribution >= 0.6 is 0 Å². The SMILES string of the molecule is CCOc1ncccc1-c1ncc(C2(C(=O)NCCN(C)C)CCN(c3ccc(C(F)(F)F)cc3F)CC2)cc1F. The number of likely N-dealkylation sites (N-methyl/N-ethyl adjacent to an activating group) is 1. The molecule has 7 nitrogen and oxygen atoms in total. The van der Waals surface area contributed by atoms with Crippen LogP contribution in [0.25, 0.3) is 11.3 Å². The van der Waals surface area contributed by atoms with Crippen LogP contribution in [0.1, 0.15) is 30.9 Å². The van der Waals surface area contributed by atoms with E-state index in [-0.39, 0.29) is 49.1 Å².